The lowest BCUT2D eigenvalue weighted by Crippen LogP contribution is -2.23. The average molecular weight is 237 g/mol. The highest BCUT2D eigenvalue weighted by Crippen LogP contribution is 2.27. The van der Waals surface area contributed by atoms with Crippen LogP contribution in [0.4, 0.5) is 5.69 Å². The molecule has 92 valence electrons. The quantitative estimate of drug-likeness (QED) is 0.593. The summed E-state index contributed by atoms with van der Waals surface area (Å²) in [6.45, 7) is -0.491. The summed E-state index contributed by atoms with van der Waals surface area (Å²) in [4.78, 5) is 11.2. The maximum Gasteiger partial charge on any atom is 0.224 e. The largest absolute Gasteiger partial charge is 0.394 e. The number of nitrogens with one attached hydrogen (secondary N) is 1. The summed E-state index contributed by atoms with van der Waals surface area (Å²) in [7, 11) is 0. The predicted octanol–water partition coefficient (Wildman–Crippen LogP) is -0.0421. The van der Waals surface area contributed by atoms with E-state index >= 15 is 0 Å². The molecule has 2 atom stereocenters. The van der Waals surface area contributed by atoms with Crippen molar-refractivity contribution in [3.63, 3.8) is 0 Å². The molecule has 0 fully saturated rings. The van der Waals surface area contributed by atoms with Gasteiger partial charge in [0.15, 0.2) is 0 Å². The summed E-state index contributed by atoms with van der Waals surface area (Å²) < 4.78 is 0. The first-order valence-corrected chi connectivity index (χ1v) is 5.51. The van der Waals surface area contributed by atoms with Crippen LogP contribution in [0.3, 0.4) is 0 Å². The number of amides is 1. The molecule has 0 aliphatic carbocycles. The fourth-order valence-corrected chi connectivity index (χ4v) is 1.91. The SMILES string of the molecule is O=C1CCc2cc(C(O)C(O)CO)ccc2N1. The number of hydrogen-bond donors (Lipinski definition) is 4. The van der Waals surface area contributed by atoms with Gasteiger partial charge in [0.25, 0.3) is 0 Å². The van der Waals surface area contributed by atoms with Crippen molar-refractivity contribution < 1.29 is 20.1 Å². The van der Waals surface area contributed by atoms with Crippen LogP contribution in [0.1, 0.15) is 23.7 Å². The third-order valence-corrected chi connectivity index (χ3v) is 2.92. The van der Waals surface area contributed by atoms with Gasteiger partial charge in [0.05, 0.1) is 6.61 Å². The van der Waals surface area contributed by atoms with E-state index in [1.165, 1.54) is 0 Å². The Hall–Kier alpha value is -1.43. The Morgan fingerprint density at radius 2 is 2.06 bits per heavy atom. The van der Waals surface area contributed by atoms with E-state index in [0.29, 0.717) is 18.4 Å². The molecule has 0 bridgehead atoms. The standard InChI is InChI=1S/C12H15NO4/c14-6-10(15)12(17)8-1-3-9-7(5-8)2-4-11(16)13-9/h1,3,5,10,12,14-15,17H,2,4,6H2,(H,13,16). The van der Waals surface area contributed by atoms with Crippen molar-refractivity contribution in [2.24, 2.45) is 0 Å². The maximum atomic E-state index is 11.2. The number of rotatable bonds is 3. The van der Waals surface area contributed by atoms with Gasteiger partial charge in [-0.3, -0.25) is 4.79 Å². The van der Waals surface area contributed by atoms with Crippen LogP contribution in [-0.2, 0) is 11.2 Å². The average Bonchev–Trinajstić information content (AvgIpc) is 2.36. The van der Waals surface area contributed by atoms with Crippen LogP contribution in [0.25, 0.3) is 0 Å². The molecule has 17 heavy (non-hydrogen) atoms. The van der Waals surface area contributed by atoms with Crippen molar-refractivity contribution >= 4 is 11.6 Å². The van der Waals surface area contributed by atoms with Crippen LogP contribution in [-0.4, -0.2) is 33.9 Å². The molecule has 0 spiro atoms. The van der Waals surface area contributed by atoms with Gasteiger partial charge < -0.3 is 20.6 Å². The molecule has 1 aliphatic heterocycles. The Balaban J connectivity index is 2.24. The molecule has 4 N–H and O–H groups in total. The van der Waals surface area contributed by atoms with Crippen LogP contribution >= 0.6 is 0 Å². The molecule has 1 aliphatic rings. The molecule has 0 radical (unpaired) electrons. The first kappa shape index (κ1) is 12.0. The van der Waals surface area contributed by atoms with Gasteiger partial charge in [0.2, 0.25) is 5.91 Å². The van der Waals surface area contributed by atoms with Crippen LogP contribution in [0, 0.1) is 0 Å². The van der Waals surface area contributed by atoms with Crippen molar-refractivity contribution in [3.05, 3.63) is 29.3 Å². The molecule has 1 heterocycles. The van der Waals surface area contributed by atoms with E-state index in [-0.39, 0.29) is 5.91 Å². The summed E-state index contributed by atoms with van der Waals surface area (Å²) in [5.74, 6) is -0.0128. The summed E-state index contributed by atoms with van der Waals surface area (Å²) in [6.07, 6.45) is -1.25. The van der Waals surface area contributed by atoms with Crippen molar-refractivity contribution in [3.8, 4) is 0 Å². The topological polar surface area (TPSA) is 89.8 Å². The zero-order chi connectivity index (χ0) is 12.4. The van der Waals surface area contributed by atoms with Gasteiger partial charge in [-0.2, -0.15) is 0 Å². The smallest absolute Gasteiger partial charge is 0.224 e. The Morgan fingerprint density at radius 1 is 1.29 bits per heavy atom. The van der Waals surface area contributed by atoms with Gasteiger partial charge in [-0.1, -0.05) is 12.1 Å². The van der Waals surface area contributed by atoms with Gasteiger partial charge in [0, 0.05) is 12.1 Å². The zero-order valence-electron chi connectivity index (χ0n) is 9.26. The van der Waals surface area contributed by atoms with Crippen molar-refractivity contribution in [2.45, 2.75) is 25.0 Å². The second-order valence-electron chi connectivity index (χ2n) is 4.16. The highest BCUT2D eigenvalue weighted by molar-refractivity contribution is 5.93. The highest BCUT2D eigenvalue weighted by Gasteiger charge is 2.20. The third kappa shape index (κ3) is 2.46. The van der Waals surface area contributed by atoms with E-state index in [2.05, 4.69) is 5.32 Å². The molecule has 1 amide bonds. The van der Waals surface area contributed by atoms with Crippen molar-refractivity contribution in [2.75, 3.05) is 11.9 Å². The lowest BCUT2D eigenvalue weighted by Gasteiger charge is -2.21. The Labute approximate surface area is 98.7 Å². The van der Waals surface area contributed by atoms with Crippen LogP contribution in [0.5, 0.6) is 0 Å². The first-order valence-electron chi connectivity index (χ1n) is 5.51. The number of carbonyl (C=O) groups excluding carboxylic acids is 1. The molecular formula is C12H15NO4. The number of aliphatic hydroxyl groups excluding tert-OH is 3. The van der Waals surface area contributed by atoms with Gasteiger partial charge >= 0.3 is 0 Å². The van der Waals surface area contributed by atoms with E-state index < -0.39 is 18.8 Å². The van der Waals surface area contributed by atoms with E-state index in [1.54, 1.807) is 18.2 Å². The fraction of sp³-hybridized carbons (Fsp3) is 0.417. The number of hydrogen-bond acceptors (Lipinski definition) is 4. The van der Waals surface area contributed by atoms with Gasteiger partial charge in [0.1, 0.15) is 12.2 Å². The van der Waals surface area contributed by atoms with Gasteiger partial charge in [-0.05, 0) is 23.6 Å². The molecule has 0 saturated carbocycles. The number of aliphatic hydroxyl groups is 3. The predicted molar refractivity (Wildman–Crippen MR) is 61.4 cm³/mol. The minimum absolute atomic E-state index is 0.0128. The van der Waals surface area contributed by atoms with Crippen LogP contribution in [0.2, 0.25) is 0 Å². The summed E-state index contributed by atoms with van der Waals surface area (Å²) in [5, 5.41) is 30.6. The lowest BCUT2D eigenvalue weighted by atomic mass is 9.96. The summed E-state index contributed by atoms with van der Waals surface area (Å²) >= 11 is 0. The molecule has 0 saturated heterocycles. The second kappa shape index (κ2) is 4.83. The molecule has 5 nitrogen and oxygen atoms in total. The lowest BCUT2D eigenvalue weighted by molar-refractivity contribution is -0.116. The van der Waals surface area contributed by atoms with Crippen molar-refractivity contribution in [1.82, 2.24) is 0 Å². The van der Waals surface area contributed by atoms with Crippen LogP contribution < -0.4 is 5.32 Å². The Bertz CT molecular complexity index is 433. The number of benzene rings is 1. The molecule has 1 aromatic carbocycles. The first-order chi connectivity index (χ1) is 8.11. The zero-order valence-corrected chi connectivity index (χ0v) is 9.26. The molecule has 2 unspecified atom stereocenters. The van der Waals surface area contributed by atoms with Gasteiger partial charge in [-0.15, -0.1) is 0 Å². The van der Waals surface area contributed by atoms with Gasteiger partial charge in [-0.25, -0.2) is 0 Å². The maximum absolute atomic E-state index is 11.2. The van der Waals surface area contributed by atoms with E-state index in [4.69, 9.17) is 5.11 Å². The monoisotopic (exact) mass is 237 g/mol. The second-order valence-corrected chi connectivity index (χ2v) is 4.16. The number of anilines is 1. The number of carbonyl (C=O) groups is 1. The van der Waals surface area contributed by atoms with E-state index in [0.717, 1.165) is 11.3 Å². The normalized spacial score (nSPS) is 18.2. The Kier molecular flexibility index (Phi) is 3.42. The minimum atomic E-state index is -1.19. The van der Waals surface area contributed by atoms with E-state index in [9.17, 15) is 15.0 Å². The molecule has 0 aromatic heterocycles. The molecule has 2 rings (SSSR count). The number of aryl methyl sites for hydroxylation is 1. The minimum Gasteiger partial charge on any atom is -0.394 e. The molecule has 5 heteroatoms. The molecular weight excluding hydrogens is 222 g/mol. The Morgan fingerprint density at radius 3 is 2.76 bits per heavy atom. The fourth-order valence-electron chi connectivity index (χ4n) is 1.91. The summed E-state index contributed by atoms with van der Waals surface area (Å²) in [6, 6.07) is 5.08. The van der Waals surface area contributed by atoms with Crippen molar-refractivity contribution in [1.29, 1.82) is 0 Å². The summed E-state index contributed by atoms with van der Waals surface area (Å²) in [5.41, 5.74) is 2.23. The third-order valence-electron chi connectivity index (χ3n) is 2.92. The number of fused-ring (bicyclic) bond motifs is 1. The van der Waals surface area contributed by atoms with Crippen LogP contribution in [0.15, 0.2) is 18.2 Å². The van der Waals surface area contributed by atoms with E-state index in [1.807, 2.05) is 0 Å². The highest BCUT2D eigenvalue weighted by atomic mass is 16.4. The molecule has 1 aromatic rings.